The van der Waals surface area contributed by atoms with Crippen LogP contribution in [0.1, 0.15) is 33.6 Å². The maximum absolute atomic E-state index is 12.8. The molecule has 1 aliphatic rings. The van der Waals surface area contributed by atoms with Gasteiger partial charge in [-0.25, -0.2) is 14.6 Å². The molecule has 0 saturated carbocycles. The molecular weight excluding hydrogens is 545 g/mol. The quantitative estimate of drug-likeness (QED) is 0.348. The van der Waals surface area contributed by atoms with Crippen LogP contribution in [-0.2, 0) is 28.8 Å². The first-order chi connectivity index (χ1) is 18.8. The zero-order valence-electron chi connectivity index (χ0n) is 21.2. The van der Waals surface area contributed by atoms with E-state index in [0.29, 0.717) is 31.1 Å². The molecule has 0 aliphatic carbocycles. The van der Waals surface area contributed by atoms with Gasteiger partial charge >= 0.3 is 12.1 Å². The predicted octanol–water partition coefficient (Wildman–Crippen LogP) is 4.95. The number of nitrogens with one attached hydrogen (secondary N) is 1. The van der Waals surface area contributed by atoms with Crippen LogP contribution in [0.5, 0.6) is 5.75 Å². The van der Waals surface area contributed by atoms with Crippen LogP contribution in [0.15, 0.2) is 54.6 Å². The SMILES string of the molecule is COC(=O)[C@H](Cc1ccc(OCCc2ccc3c(n2)N(C(=O)O)CCC3)cc1)NC(=O)c1c(Cl)cccc1Cl. The summed E-state index contributed by atoms with van der Waals surface area (Å²) in [5.74, 6) is -0.0703. The highest BCUT2D eigenvalue weighted by atomic mass is 35.5. The molecule has 0 fully saturated rings. The molecule has 39 heavy (non-hydrogen) atoms. The highest BCUT2D eigenvalue weighted by Gasteiger charge is 2.25. The minimum Gasteiger partial charge on any atom is -0.493 e. The highest BCUT2D eigenvalue weighted by Crippen LogP contribution is 2.26. The number of ether oxygens (including phenoxy) is 2. The number of fused-ring (bicyclic) bond motifs is 1. The third-order valence-electron chi connectivity index (χ3n) is 6.30. The first-order valence-electron chi connectivity index (χ1n) is 12.3. The van der Waals surface area contributed by atoms with Gasteiger partial charge in [-0.15, -0.1) is 0 Å². The van der Waals surface area contributed by atoms with E-state index in [-0.39, 0.29) is 22.0 Å². The van der Waals surface area contributed by atoms with Crippen molar-refractivity contribution in [3.8, 4) is 5.75 Å². The molecule has 0 saturated heterocycles. The van der Waals surface area contributed by atoms with Crippen LogP contribution in [0.3, 0.4) is 0 Å². The van der Waals surface area contributed by atoms with Gasteiger partial charge in [0, 0.05) is 25.1 Å². The van der Waals surface area contributed by atoms with Gasteiger partial charge in [-0.3, -0.25) is 9.69 Å². The molecule has 2 amide bonds. The van der Waals surface area contributed by atoms with Gasteiger partial charge in [0.05, 0.1) is 29.3 Å². The summed E-state index contributed by atoms with van der Waals surface area (Å²) in [7, 11) is 1.25. The Kier molecular flexibility index (Phi) is 9.27. The van der Waals surface area contributed by atoms with Crippen LogP contribution < -0.4 is 15.0 Å². The number of carbonyl (C=O) groups is 3. The smallest absolute Gasteiger partial charge is 0.413 e. The Balaban J connectivity index is 1.35. The van der Waals surface area contributed by atoms with Gasteiger partial charge in [0.1, 0.15) is 17.6 Å². The lowest BCUT2D eigenvalue weighted by Gasteiger charge is -2.26. The Morgan fingerprint density at radius 2 is 1.79 bits per heavy atom. The first-order valence-corrected chi connectivity index (χ1v) is 13.1. The van der Waals surface area contributed by atoms with Gasteiger partial charge in [-0.2, -0.15) is 0 Å². The number of benzene rings is 2. The number of esters is 1. The zero-order valence-corrected chi connectivity index (χ0v) is 22.7. The van der Waals surface area contributed by atoms with Crippen LogP contribution in [0.25, 0.3) is 0 Å². The lowest BCUT2D eigenvalue weighted by Crippen LogP contribution is -2.43. The topological polar surface area (TPSA) is 118 Å². The number of carboxylic acid groups (broad SMARTS) is 1. The fourth-order valence-electron chi connectivity index (χ4n) is 4.32. The summed E-state index contributed by atoms with van der Waals surface area (Å²) in [6.07, 6.45) is 1.27. The molecule has 0 radical (unpaired) electrons. The Hall–Kier alpha value is -3.82. The molecule has 1 atom stereocenters. The summed E-state index contributed by atoms with van der Waals surface area (Å²) in [5.41, 5.74) is 2.53. The number of hydrogen-bond donors (Lipinski definition) is 2. The molecule has 204 valence electrons. The summed E-state index contributed by atoms with van der Waals surface area (Å²) in [6.45, 7) is 0.785. The molecule has 4 rings (SSSR count). The number of pyridine rings is 1. The Bertz CT molecular complexity index is 1350. The molecule has 2 heterocycles. The van der Waals surface area contributed by atoms with E-state index < -0.39 is 24.0 Å². The Labute approximate surface area is 235 Å². The number of amides is 2. The number of nitrogens with zero attached hydrogens (tertiary/aromatic N) is 2. The maximum atomic E-state index is 12.8. The van der Waals surface area contributed by atoms with E-state index in [1.165, 1.54) is 12.0 Å². The van der Waals surface area contributed by atoms with Crippen LogP contribution in [0.4, 0.5) is 10.6 Å². The van der Waals surface area contributed by atoms with E-state index in [1.54, 1.807) is 42.5 Å². The molecule has 9 nitrogen and oxygen atoms in total. The number of rotatable bonds is 9. The van der Waals surface area contributed by atoms with Crippen LogP contribution in [-0.4, -0.2) is 54.4 Å². The number of halogens is 2. The van der Waals surface area contributed by atoms with Crippen molar-refractivity contribution in [1.29, 1.82) is 0 Å². The Morgan fingerprint density at radius 3 is 2.46 bits per heavy atom. The average Bonchev–Trinajstić information content (AvgIpc) is 2.92. The van der Waals surface area contributed by atoms with Crippen LogP contribution >= 0.6 is 23.2 Å². The van der Waals surface area contributed by atoms with E-state index in [9.17, 15) is 19.5 Å². The van der Waals surface area contributed by atoms with E-state index in [0.717, 1.165) is 29.7 Å². The summed E-state index contributed by atoms with van der Waals surface area (Å²) < 4.78 is 10.7. The molecule has 3 aromatic rings. The molecule has 11 heteroatoms. The van der Waals surface area contributed by atoms with Crippen LogP contribution in [0, 0.1) is 0 Å². The number of anilines is 1. The summed E-state index contributed by atoms with van der Waals surface area (Å²) >= 11 is 12.2. The lowest BCUT2D eigenvalue weighted by atomic mass is 10.0. The van der Waals surface area contributed by atoms with Crippen molar-refractivity contribution in [2.24, 2.45) is 0 Å². The van der Waals surface area contributed by atoms with Gasteiger partial charge in [0.15, 0.2) is 0 Å². The largest absolute Gasteiger partial charge is 0.493 e. The fourth-order valence-corrected chi connectivity index (χ4v) is 4.88. The third kappa shape index (κ3) is 6.99. The van der Waals surface area contributed by atoms with E-state index in [4.69, 9.17) is 32.7 Å². The summed E-state index contributed by atoms with van der Waals surface area (Å²) in [6, 6.07) is 14.7. The normalized spacial score (nSPS) is 13.3. The van der Waals surface area contributed by atoms with Crippen molar-refractivity contribution in [2.75, 3.05) is 25.2 Å². The predicted molar refractivity (Wildman–Crippen MR) is 147 cm³/mol. The second-order valence-electron chi connectivity index (χ2n) is 8.92. The minimum atomic E-state index is -1.00. The van der Waals surface area contributed by atoms with Crippen molar-refractivity contribution in [3.05, 3.63) is 87.0 Å². The van der Waals surface area contributed by atoms with Gasteiger partial charge in [0.2, 0.25) is 0 Å². The third-order valence-corrected chi connectivity index (χ3v) is 6.93. The first kappa shape index (κ1) is 28.2. The monoisotopic (exact) mass is 571 g/mol. The van der Waals surface area contributed by atoms with Crippen molar-refractivity contribution < 1.29 is 29.0 Å². The fraction of sp³-hybridized carbons (Fsp3) is 0.286. The van der Waals surface area contributed by atoms with E-state index in [1.807, 2.05) is 12.1 Å². The number of aromatic nitrogens is 1. The molecule has 2 N–H and O–H groups in total. The molecule has 0 bridgehead atoms. The lowest BCUT2D eigenvalue weighted by molar-refractivity contribution is -0.142. The zero-order chi connectivity index (χ0) is 27.9. The van der Waals surface area contributed by atoms with Gasteiger partial charge in [-0.05, 0) is 54.3 Å². The second kappa shape index (κ2) is 12.8. The van der Waals surface area contributed by atoms with Crippen molar-refractivity contribution in [3.63, 3.8) is 0 Å². The summed E-state index contributed by atoms with van der Waals surface area (Å²) in [4.78, 5) is 42.5. The minimum absolute atomic E-state index is 0.0857. The number of methoxy groups -OCH3 is 1. The molecule has 0 spiro atoms. The standard InChI is InChI=1S/C28H27Cl2N3O6/c1-38-27(35)23(32-26(34)24-21(29)5-2-6-22(24)30)16-17-7-11-20(12-8-17)39-15-13-19-10-9-18-4-3-14-33(28(36)37)25(18)31-19/h2,5-12,23H,3-4,13-16H2,1H3,(H,32,34)(H,36,37)/t23-/m0/s1. The molecule has 2 aromatic carbocycles. The van der Waals surface area contributed by atoms with E-state index in [2.05, 4.69) is 10.3 Å². The maximum Gasteiger partial charge on any atom is 0.413 e. The molecule has 1 aromatic heterocycles. The average molecular weight is 572 g/mol. The van der Waals surface area contributed by atoms with Crippen molar-refractivity contribution >= 4 is 47.0 Å². The number of carbonyl (C=O) groups excluding carboxylic acids is 2. The van der Waals surface area contributed by atoms with Gasteiger partial charge < -0.3 is 19.9 Å². The van der Waals surface area contributed by atoms with Gasteiger partial charge in [0.25, 0.3) is 5.91 Å². The van der Waals surface area contributed by atoms with E-state index >= 15 is 0 Å². The number of hydrogen-bond acceptors (Lipinski definition) is 6. The Morgan fingerprint density at radius 1 is 1.08 bits per heavy atom. The van der Waals surface area contributed by atoms with Crippen LogP contribution in [0.2, 0.25) is 10.0 Å². The molecule has 1 aliphatic heterocycles. The number of aryl methyl sites for hydroxylation is 1. The second-order valence-corrected chi connectivity index (χ2v) is 9.73. The van der Waals surface area contributed by atoms with Gasteiger partial charge in [-0.1, -0.05) is 47.5 Å². The molecule has 0 unspecified atom stereocenters. The summed E-state index contributed by atoms with van der Waals surface area (Å²) in [5, 5.41) is 12.4. The van der Waals surface area contributed by atoms with Crippen molar-refractivity contribution in [1.82, 2.24) is 10.3 Å². The highest BCUT2D eigenvalue weighted by molar-refractivity contribution is 6.39. The van der Waals surface area contributed by atoms with Crippen molar-refractivity contribution in [2.45, 2.75) is 31.7 Å². The molecular formula is C28H27Cl2N3O6.